The third kappa shape index (κ3) is 3.49. The van der Waals surface area contributed by atoms with Crippen LogP contribution >= 0.6 is 0 Å². The van der Waals surface area contributed by atoms with Crippen LogP contribution in [-0.2, 0) is 6.54 Å². The molecule has 2 N–H and O–H groups in total. The standard InChI is InChI=1S/C16H19N3O2/c1-2-21-14-5-3-4-11(8-14)15-9-12(16(20)19-18-15)10-17-13-6-7-13/h3-5,8-9,13,17H,2,6-7,10H2,1H3,(H,19,20). The molecule has 0 radical (unpaired) electrons. The second-order valence-electron chi connectivity index (χ2n) is 5.22. The number of ether oxygens (including phenoxy) is 1. The molecule has 0 amide bonds. The van der Waals surface area contributed by atoms with Crippen LogP contribution in [0.25, 0.3) is 11.3 Å². The van der Waals surface area contributed by atoms with E-state index in [1.54, 1.807) is 0 Å². The highest BCUT2D eigenvalue weighted by molar-refractivity contribution is 5.61. The molecule has 1 aliphatic rings. The first-order valence-electron chi connectivity index (χ1n) is 7.31. The predicted octanol–water partition coefficient (Wildman–Crippen LogP) is 2.09. The fraction of sp³-hybridized carbons (Fsp3) is 0.375. The molecule has 1 heterocycles. The van der Waals surface area contributed by atoms with Crippen molar-refractivity contribution in [2.75, 3.05) is 6.61 Å². The van der Waals surface area contributed by atoms with Gasteiger partial charge in [-0.3, -0.25) is 4.79 Å². The van der Waals surface area contributed by atoms with E-state index in [0.717, 1.165) is 17.0 Å². The smallest absolute Gasteiger partial charge is 0.268 e. The first-order chi connectivity index (χ1) is 10.3. The summed E-state index contributed by atoms with van der Waals surface area (Å²) in [5.41, 5.74) is 2.27. The molecule has 0 saturated heterocycles. The molecule has 0 spiro atoms. The summed E-state index contributed by atoms with van der Waals surface area (Å²) < 4.78 is 5.50. The number of nitrogens with one attached hydrogen (secondary N) is 2. The zero-order valence-electron chi connectivity index (χ0n) is 12.1. The van der Waals surface area contributed by atoms with E-state index in [1.807, 2.05) is 37.3 Å². The summed E-state index contributed by atoms with van der Waals surface area (Å²) in [7, 11) is 0. The molecule has 1 aromatic carbocycles. The molecule has 1 saturated carbocycles. The summed E-state index contributed by atoms with van der Waals surface area (Å²) in [6.07, 6.45) is 2.40. The minimum atomic E-state index is -0.132. The third-order valence-corrected chi connectivity index (χ3v) is 3.48. The summed E-state index contributed by atoms with van der Waals surface area (Å²) in [5.74, 6) is 0.806. The molecular weight excluding hydrogens is 266 g/mol. The topological polar surface area (TPSA) is 67.0 Å². The number of aromatic nitrogens is 2. The van der Waals surface area contributed by atoms with Gasteiger partial charge in [-0.15, -0.1) is 0 Å². The molecular formula is C16H19N3O2. The van der Waals surface area contributed by atoms with Crippen LogP contribution in [0.4, 0.5) is 0 Å². The van der Waals surface area contributed by atoms with Crippen LogP contribution in [0.15, 0.2) is 35.1 Å². The largest absolute Gasteiger partial charge is 0.494 e. The Morgan fingerprint density at radius 3 is 3.00 bits per heavy atom. The van der Waals surface area contributed by atoms with Crippen molar-refractivity contribution in [1.82, 2.24) is 15.5 Å². The van der Waals surface area contributed by atoms with Crippen LogP contribution in [0.1, 0.15) is 25.3 Å². The highest BCUT2D eigenvalue weighted by atomic mass is 16.5. The van der Waals surface area contributed by atoms with E-state index in [0.29, 0.717) is 24.8 Å². The fourth-order valence-electron chi connectivity index (χ4n) is 2.18. The van der Waals surface area contributed by atoms with E-state index in [1.165, 1.54) is 12.8 Å². The van der Waals surface area contributed by atoms with Crippen molar-refractivity contribution in [2.45, 2.75) is 32.4 Å². The van der Waals surface area contributed by atoms with Crippen molar-refractivity contribution >= 4 is 0 Å². The van der Waals surface area contributed by atoms with Crippen LogP contribution in [-0.4, -0.2) is 22.8 Å². The van der Waals surface area contributed by atoms with Crippen molar-refractivity contribution in [1.29, 1.82) is 0 Å². The summed E-state index contributed by atoms with van der Waals surface area (Å²) in [6, 6.07) is 10.1. The van der Waals surface area contributed by atoms with Gasteiger partial charge in [0.2, 0.25) is 0 Å². The Morgan fingerprint density at radius 1 is 1.38 bits per heavy atom. The van der Waals surface area contributed by atoms with Gasteiger partial charge in [-0.25, -0.2) is 5.10 Å². The molecule has 1 fully saturated rings. The number of benzene rings is 1. The molecule has 0 unspecified atom stereocenters. The van der Waals surface area contributed by atoms with E-state index in [-0.39, 0.29) is 5.56 Å². The Labute approximate surface area is 123 Å². The number of nitrogens with zero attached hydrogens (tertiary/aromatic N) is 1. The zero-order chi connectivity index (χ0) is 14.7. The lowest BCUT2D eigenvalue weighted by atomic mass is 10.1. The SMILES string of the molecule is CCOc1cccc(-c2cc(CNC3CC3)c(=O)[nH]n2)c1. The van der Waals surface area contributed by atoms with Gasteiger partial charge in [0.1, 0.15) is 5.75 Å². The monoisotopic (exact) mass is 285 g/mol. The molecule has 5 nitrogen and oxygen atoms in total. The predicted molar refractivity (Wildman–Crippen MR) is 81.3 cm³/mol. The van der Waals surface area contributed by atoms with Crippen molar-refractivity contribution in [3.63, 3.8) is 0 Å². The van der Waals surface area contributed by atoms with Gasteiger partial charge in [0, 0.05) is 23.7 Å². The van der Waals surface area contributed by atoms with E-state index in [9.17, 15) is 4.79 Å². The molecule has 3 rings (SSSR count). The first-order valence-corrected chi connectivity index (χ1v) is 7.31. The maximum Gasteiger partial charge on any atom is 0.268 e. The van der Waals surface area contributed by atoms with Crippen molar-refractivity contribution < 1.29 is 4.74 Å². The molecule has 0 atom stereocenters. The Kier molecular flexibility index (Phi) is 4.01. The highest BCUT2D eigenvalue weighted by Crippen LogP contribution is 2.22. The van der Waals surface area contributed by atoms with Gasteiger partial charge in [-0.05, 0) is 38.0 Å². The maximum atomic E-state index is 11.8. The minimum absolute atomic E-state index is 0.132. The van der Waals surface area contributed by atoms with Gasteiger partial charge in [0.05, 0.1) is 12.3 Å². The Balaban J connectivity index is 1.85. The Hall–Kier alpha value is -2.14. The average Bonchev–Trinajstić information content (AvgIpc) is 3.31. The zero-order valence-corrected chi connectivity index (χ0v) is 12.1. The molecule has 5 heteroatoms. The van der Waals surface area contributed by atoms with Crippen LogP contribution in [0, 0.1) is 0 Å². The summed E-state index contributed by atoms with van der Waals surface area (Å²) in [5, 5.41) is 10.1. The van der Waals surface area contributed by atoms with Crippen LogP contribution in [0.3, 0.4) is 0 Å². The normalized spacial score (nSPS) is 14.1. The van der Waals surface area contributed by atoms with E-state index in [2.05, 4.69) is 15.5 Å². The Bertz CT molecular complexity index is 677. The van der Waals surface area contributed by atoms with Gasteiger partial charge in [-0.2, -0.15) is 5.10 Å². The van der Waals surface area contributed by atoms with E-state index >= 15 is 0 Å². The van der Waals surface area contributed by atoms with Crippen molar-refractivity contribution in [2.24, 2.45) is 0 Å². The molecule has 0 aliphatic heterocycles. The first kappa shape index (κ1) is 13.8. The highest BCUT2D eigenvalue weighted by Gasteiger charge is 2.20. The molecule has 2 aromatic rings. The summed E-state index contributed by atoms with van der Waals surface area (Å²) in [6.45, 7) is 3.16. The van der Waals surface area contributed by atoms with Gasteiger partial charge in [0.25, 0.3) is 5.56 Å². The van der Waals surface area contributed by atoms with Gasteiger partial charge >= 0.3 is 0 Å². The summed E-state index contributed by atoms with van der Waals surface area (Å²) in [4.78, 5) is 11.8. The molecule has 0 bridgehead atoms. The van der Waals surface area contributed by atoms with Crippen LogP contribution in [0.2, 0.25) is 0 Å². The third-order valence-electron chi connectivity index (χ3n) is 3.48. The number of hydrogen-bond donors (Lipinski definition) is 2. The number of rotatable bonds is 6. The van der Waals surface area contributed by atoms with Gasteiger partial charge in [0.15, 0.2) is 0 Å². The summed E-state index contributed by atoms with van der Waals surface area (Å²) >= 11 is 0. The maximum absolute atomic E-state index is 11.8. The van der Waals surface area contributed by atoms with Crippen molar-refractivity contribution in [3.8, 4) is 17.0 Å². The Morgan fingerprint density at radius 2 is 2.24 bits per heavy atom. The lowest BCUT2D eigenvalue weighted by Gasteiger charge is -2.07. The lowest BCUT2D eigenvalue weighted by molar-refractivity contribution is 0.340. The fourth-order valence-corrected chi connectivity index (χ4v) is 2.18. The molecule has 1 aromatic heterocycles. The van der Waals surface area contributed by atoms with E-state index < -0.39 is 0 Å². The second-order valence-corrected chi connectivity index (χ2v) is 5.22. The quantitative estimate of drug-likeness (QED) is 0.853. The second kappa shape index (κ2) is 6.10. The molecule has 21 heavy (non-hydrogen) atoms. The molecule has 110 valence electrons. The van der Waals surface area contributed by atoms with Gasteiger partial charge < -0.3 is 10.1 Å². The van der Waals surface area contributed by atoms with Crippen molar-refractivity contribution in [3.05, 3.63) is 46.2 Å². The minimum Gasteiger partial charge on any atom is -0.494 e. The van der Waals surface area contributed by atoms with E-state index in [4.69, 9.17) is 4.74 Å². The number of aromatic amines is 1. The molecule has 1 aliphatic carbocycles. The lowest BCUT2D eigenvalue weighted by Crippen LogP contribution is -2.23. The van der Waals surface area contributed by atoms with Gasteiger partial charge in [-0.1, -0.05) is 12.1 Å². The number of H-pyrrole nitrogens is 1. The average molecular weight is 285 g/mol. The number of hydrogen-bond acceptors (Lipinski definition) is 4. The van der Waals surface area contributed by atoms with Crippen LogP contribution < -0.4 is 15.6 Å². The van der Waals surface area contributed by atoms with Crippen LogP contribution in [0.5, 0.6) is 5.75 Å².